The van der Waals surface area contributed by atoms with Crippen LogP contribution in [0.2, 0.25) is 0 Å². The van der Waals surface area contributed by atoms with E-state index in [1.807, 2.05) is 0 Å². The van der Waals surface area contributed by atoms with E-state index in [1.54, 1.807) is 0 Å². The van der Waals surface area contributed by atoms with E-state index in [-0.39, 0.29) is 16.9 Å². The van der Waals surface area contributed by atoms with E-state index in [2.05, 4.69) is 10.0 Å². The predicted octanol–water partition coefficient (Wildman–Crippen LogP) is 3.14. The lowest BCUT2D eigenvalue weighted by molar-refractivity contribution is 0.373. The molecule has 0 aliphatic carbocycles. The molecule has 0 saturated heterocycles. The van der Waals surface area contributed by atoms with Gasteiger partial charge in [0.1, 0.15) is 5.58 Å². The molecule has 0 radical (unpaired) electrons. The van der Waals surface area contributed by atoms with Crippen molar-refractivity contribution in [2.45, 2.75) is 19.3 Å². The third-order valence-corrected chi connectivity index (χ3v) is 3.16. The van der Waals surface area contributed by atoms with Crippen molar-refractivity contribution in [2.24, 2.45) is 5.11 Å². The molecule has 0 aliphatic rings. The molecule has 0 fully saturated rings. The van der Waals surface area contributed by atoms with Crippen molar-refractivity contribution in [3.8, 4) is 11.5 Å². The first kappa shape index (κ1) is 14.7. The van der Waals surface area contributed by atoms with Crippen LogP contribution in [0, 0.1) is 0 Å². The largest absolute Gasteiger partial charge is 0.504 e. The molecule has 0 saturated carbocycles. The number of hydrogen-bond acceptors (Lipinski definition) is 5. The molecule has 0 amide bonds. The summed E-state index contributed by atoms with van der Waals surface area (Å²) in [6.45, 7) is 0.414. The Balaban J connectivity index is 2.26. The highest BCUT2D eigenvalue weighted by Gasteiger charge is 2.11. The topological polar surface area (TPSA) is 108 Å². The Bertz CT molecular complexity index is 748. The number of phenolic OH excluding ortho intramolecular Hbond substituents is 1. The highest BCUT2D eigenvalue weighted by Crippen LogP contribution is 2.29. The highest BCUT2D eigenvalue weighted by atomic mass is 16.5. The van der Waals surface area contributed by atoms with Crippen molar-refractivity contribution in [3.05, 3.63) is 44.6 Å². The number of azide groups is 1. The molecule has 1 heterocycles. The fourth-order valence-corrected chi connectivity index (χ4v) is 2.06. The third-order valence-electron chi connectivity index (χ3n) is 3.16. The van der Waals surface area contributed by atoms with E-state index >= 15 is 0 Å². The third kappa shape index (κ3) is 3.27. The van der Waals surface area contributed by atoms with Gasteiger partial charge in [0.05, 0.1) is 18.8 Å². The molecule has 0 aliphatic heterocycles. The van der Waals surface area contributed by atoms with Gasteiger partial charge >= 0.3 is 0 Å². The van der Waals surface area contributed by atoms with Crippen molar-refractivity contribution >= 4 is 11.0 Å². The molecule has 7 heteroatoms. The quantitative estimate of drug-likeness (QED) is 0.381. The van der Waals surface area contributed by atoms with Gasteiger partial charge in [-0.05, 0) is 30.9 Å². The summed E-state index contributed by atoms with van der Waals surface area (Å²) >= 11 is 0. The number of ether oxygens (including phenoxy) is 1. The Morgan fingerprint density at radius 2 is 2.24 bits per heavy atom. The molecule has 2 rings (SSSR count). The molecule has 1 N–H and O–H groups in total. The second-order valence-electron chi connectivity index (χ2n) is 4.52. The first-order valence-electron chi connectivity index (χ1n) is 6.49. The molecule has 1 aromatic heterocycles. The number of fused-ring (bicyclic) bond motifs is 1. The lowest BCUT2D eigenvalue weighted by atomic mass is 10.1. The van der Waals surface area contributed by atoms with Crippen LogP contribution in [-0.2, 0) is 6.42 Å². The van der Waals surface area contributed by atoms with Crippen LogP contribution in [0.4, 0.5) is 0 Å². The van der Waals surface area contributed by atoms with Gasteiger partial charge in [0.15, 0.2) is 16.9 Å². The Morgan fingerprint density at radius 1 is 1.43 bits per heavy atom. The summed E-state index contributed by atoms with van der Waals surface area (Å²) in [4.78, 5) is 15.0. The Labute approximate surface area is 120 Å². The monoisotopic (exact) mass is 289 g/mol. The average molecular weight is 289 g/mol. The lowest BCUT2D eigenvalue weighted by Gasteiger charge is -2.06. The minimum atomic E-state index is -0.140. The van der Waals surface area contributed by atoms with Crippen molar-refractivity contribution in [2.75, 3.05) is 13.7 Å². The first-order chi connectivity index (χ1) is 10.2. The molecule has 1 aromatic carbocycles. The van der Waals surface area contributed by atoms with Gasteiger partial charge in [0.25, 0.3) is 0 Å². The number of nitrogens with zero attached hydrogens (tertiary/aromatic N) is 3. The van der Waals surface area contributed by atoms with Gasteiger partial charge in [-0.25, -0.2) is 0 Å². The number of aryl methyl sites for hydroxylation is 1. The molecule has 21 heavy (non-hydrogen) atoms. The first-order valence-corrected chi connectivity index (χ1v) is 6.49. The average Bonchev–Trinajstić information content (AvgIpc) is 2.49. The van der Waals surface area contributed by atoms with E-state index in [4.69, 9.17) is 14.7 Å². The van der Waals surface area contributed by atoms with Crippen molar-refractivity contribution in [1.29, 1.82) is 0 Å². The smallest absolute Gasteiger partial charge is 0.195 e. The molecule has 0 bridgehead atoms. The van der Waals surface area contributed by atoms with Crippen LogP contribution in [0.5, 0.6) is 11.5 Å². The molecular weight excluding hydrogens is 274 g/mol. The summed E-state index contributed by atoms with van der Waals surface area (Å²) in [7, 11) is 1.42. The SMILES string of the molecule is COc1cc2c(=O)c(CCCCN=[N+]=[N-])coc2cc1O. The van der Waals surface area contributed by atoms with E-state index in [0.717, 1.165) is 6.42 Å². The molecule has 0 atom stereocenters. The second kappa shape index (κ2) is 6.67. The number of benzene rings is 1. The van der Waals surface area contributed by atoms with Gasteiger partial charge in [-0.1, -0.05) is 5.11 Å². The predicted molar refractivity (Wildman–Crippen MR) is 77.7 cm³/mol. The molecule has 7 nitrogen and oxygen atoms in total. The fourth-order valence-electron chi connectivity index (χ4n) is 2.06. The maximum atomic E-state index is 12.3. The molecule has 0 unspecified atom stereocenters. The Kier molecular flexibility index (Phi) is 4.68. The van der Waals surface area contributed by atoms with Crippen molar-refractivity contribution in [3.63, 3.8) is 0 Å². The van der Waals surface area contributed by atoms with Crippen LogP contribution in [0.25, 0.3) is 21.4 Å². The number of methoxy groups -OCH3 is 1. The Hall–Kier alpha value is -2.66. The van der Waals surface area contributed by atoms with Gasteiger partial charge in [-0.3, -0.25) is 4.79 Å². The van der Waals surface area contributed by atoms with Gasteiger partial charge in [0, 0.05) is 23.1 Å². The van der Waals surface area contributed by atoms with Gasteiger partial charge in [0.2, 0.25) is 0 Å². The van der Waals surface area contributed by atoms with Crippen LogP contribution >= 0.6 is 0 Å². The van der Waals surface area contributed by atoms with E-state index in [9.17, 15) is 9.90 Å². The molecule has 110 valence electrons. The van der Waals surface area contributed by atoms with Crippen LogP contribution in [0.15, 0.2) is 32.7 Å². The zero-order valence-electron chi connectivity index (χ0n) is 11.6. The van der Waals surface area contributed by atoms with E-state index < -0.39 is 0 Å². The van der Waals surface area contributed by atoms with Crippen molar-refractivity contribution in [1.82, 2.24) is 0 Å². The van der Waals surface area contributed by atoms with Gasteiger partial charge in [-0.15, -0.1) is 0 Å². The van der Waals surface area contributed by atoms with Gasteiger partial charge in [-0.2, -0.15) is 0 Å². The normalized spacial score (nSPS) is 10.3. The number of phenols is 1. The molecule has 0 spiro atoms. The minimum Gasteiger partial charge on any atom is -0.504 e. The summed E-state index contributed by atoms with van der Waals surface area (Å²) in [5.74, 6) is 0.158. The van der Waals surface area contributed by atoms with Crippen LogP contribution in [0.1, 0.15) is 18.4 Å². The summed E-state index contributed by atoms with van der Waals surface area (Å²) in [6, 6.07) is 2.83. The summed E-state index contributed by atoms with van der Waals surface area (Å²) in [5, 5.41) is 13.5. The number of unbranched alkanes of at least 4 members (excludes halogenated alkanes) is 1. The number of rotatable bonds is 6. The lowest BCUT2D eigenvalue weighted by Crippen LogP contribution is -2.09. The standard InChI is InChI=1S/C14H15N3O4/c1-20-13-6-10-12(7-11(13)18)21-8-9(14(10)19)4-2-3-5-16-17-15/h6-8,18H,2-5H2,1H3. The maximum absolute atomic E-state index is 12.3. The minimum absolute atomic E-state index is 0.0738. The van der Waals surface area contributed by atoms with E-state index in [1.165, 1.54) is 25.5 Å². The van der Waals surface area contributed by atoms with Crippen LogP contribution < -0.4 is 10.2 Å². The zero-order valence-corrected chi connectivity index (χ0v) is 11.6. The summed E-state index contributed by atoms with van der Waals surface area (Å²) < 4.78 is 10.4. The summed E-state index contributed by atoms with van der Waals surface area (Å²) in [6.07, 6.45) is 3.39. The second-order valence-corrected chi connectivity index (χ2v) is 4.52. The zero-order chi connectivity index (χ0) is 15.2. The number of hydrogen-bond donors (Lipinski definition) is 1. The van der Waals surface area contributed by atoms with Crippen LogP contribution in [0.3, 0.4) is 0 Å². The highest BCUT2D eigenvalue weighted by molar-refractivity contribution is 5.81. The fraction of sp³-hybridized carbons (Fsp3) is 0.357. The molecular formula is C14H15N3O4. The number of aromatic hydroxyl groups is 1. The van der Waals surface area contributed by atoms with E-state index in [0.29, 0.717) is 35.9 Å². The van der Waals surface area contributed by atoms with Crippen LogP contribution in [-0.4, -0.2) is 18.8 Å². The van der Waals surface area contributed by atoms with Crippen molar-refractivity contribution < 1.29 is 14.3 Å². The Morgan fingerprint density at radius 3 is 2.95 bits per heavy atom. The van der Waals surface area contributed by atoms with Gasteiger partial charge < -0.3 is 14.3 Å². The maximum Gasteiger partial charge on any atom is 0.195 e. The summed E-state index contributed by atoms with van der Waals surface area (Å²) in [5.41, 5.74) is 8.91. The molecule has 2 aromatic rings.